The van der Waals surface area contributed by atoms with Crippen molar-refractivity contribution in [2.45, 2.75) is 51.3 Å². The van der Waals surface area contributed by atoms with Crippen LogP contribution in [0.1, 0.15) is 54.7 Å². The van der Waals surface area contributed by atoms with Crippen LogP contribution in [0.5, 0.6) is 0 Å². The fraction of sp³-hybridized carbons (Fsp3) is 0.478. The molecule has 0 radical (unpaired) electrons. The van der Waals surface area contributed by atoms with Gasteiger partial charge in [-0.2, -0.15) is 0 Å². The third kappa shape index (κ3) is 6.43. The predicted molar refractivity (Wildman–Crippen MR) is 122 cm³/mol. The summed E-state index contributed by atoms with van der Waals surface area (Å²) in [6.07, 6.45) is 5.02. The molecule has 0 aliphatic heterocycles. The minimum Gasteiger partial charge on any atom is -0.356 e. The second-order valence-electron chi connectivity index (χ2n) is 8.37. The number of carbonyl (C=O) groups is 2. The van der Waals surface area contributed by atoms with Gasteiger partial charge in [-0.25, -0.2) is 23.1 Å². The first-order chi connectivity index (χ1) is 15.2. The number of nitrogens with zero attached hydrogens (tertiary/aromatic N) is 3. The first-order valence-electron chi connectivity index (χ1n) is 10.9. The van der Waals surface area contributed by atoms with Crippen molar-refractivity contribution in [3.63, 3.8) is 0 Å². The van der Waals surface area contributed by atoms with Gasteiger partial charge in [0.2, 0.25) is 10.0 Å². The number of aromatic nitrogens is 2. The van der Waals surface area contributed by atoms with Gasteiger partial charge < -0.3 is 4.90 Å². The van der Waals surface area contributed by atoms with Crippen LogP contribution < -0.4 is 9.62 Å². The fourth-order valence-corrected chi connectivity index (χ4v) is 4.57. The number of sulfonamides is 1. The second kappa shape index (κ2) is 10.3. The van der Waals surface area contributed by atoms with Crippen LogP contribution in [0.15, 0.2) is 35.5 Å². The molecule has 1 heterocycles. The van der Waals surface area contributed by atoms with E-state index in [9.17, 15) is 18.0 Å². The summed E-state index contributed by atoms with van der Waals surface area (Å²) < 4.78 is 26.9. The first kappa shape index (κ1) is 24.0. The third-order valence-corrected chi connectivity index (χ3v) is 6.82. The average Bonchev–Trinajstić information content (AvgIpc) is 3.57. The summed E-state index contributed by atoms with van der Waals surface area (Å²) in [5, 5.41) is 0. The number of ketones is 2. The highest BCUT2D eigenvalue weighted by molar-refractivity contribution is 7.89. The molecule has 0 saturated heterocycles. The summed E-state index contributed by atoms with van der Waals surface area (Å²) in [4.78, 5) is 34.8. The van der Waals surface area contributed by atoms with E-state index >= 15 is 0 Å². The molecule has 2 aromatic rings. The normalized spacial score (nSPS) is 13.7. The molecule has 1 fully saturated rings. The number of anilines is 1. The van der Waals surface area contributed by atoms with Gasteiger partial charge in [0.15, 0.2) is 5.78 Å². The Kier molecular flexibility index (Phi) is 7.73. The molecule has 0 unspecified atom stereocenters. The van der Waals surface area contributed by atoms with Crippen LogP contribution in [0.4, 0.5) is 5.82 Å². The molecule has 1 aromatic heterocycles. The number of rotatable bonds is 12. The smallest absolute Gasteiger partial charge is 0.240 e. The molecule has 1 aliphatic rings. The van der Waals surface area contributed by atoms with Crippen LogP contribution in [-0.2, 0) is 21.2 Å². The van der Waals surface area contributed by atoms with E-state index in [4.69, 9.17) is 0 Å². The van der Waals surface area contributed by atoms with E-state index in [0.29, 0.717) is 17.2 Å². The minimum absolute atomic E-state index is 0.0621. The molecule has 8 nitrogen and oxygen atoms in total. The average molecular weight is 459 g/mol. The first-order valence-corrected chi connectivity index (χ1v) is 12.4. The van der Waals surface area contributed by atoms with Gasteiger partial charge >= 0.3 is 0 Å². The van der Waals surface area contributed by atoms with Gasteiger partial charge in [0, 0.05) is 25.6 Å². The molecule has 0 atom stereocenters. The molecule has 1 saturated carbocycles. The lowest BCUT2D eigenvalue weighted by atomic mass is 10.0. The lowest BCUT2D eigenvalue weighted by molar-refractivity contribution is -0.115. The quantitative estimate of drug-likeness (QED) is 0.487. The lowest BCUT2D eigenvalue weighted by Crippen LogP contribution is -2.28. The SMILES string of the molecule is CCCN(CC1CC1)c1cc(C(=O)Cc2ccc(S(=O)(=O)NCC(C)=O)cc2C)ncn1. The van der Waals surface area contributed by atoms with Crippen LogP contribution in [0.3, 0.4) is 0 Å². The Morgan fingerprint density at radius 2 is 1.94 bits per heavy atom. The monoisotopic (exact) mass is 458 g/mol. The fourth-order valence-electron chi connectivity index (χ4n) is 3.43. The largest absolute Gasteiger partial charge is 0.356 e. The van der Waals surface area contributed by atoms with Gasteiger partial charge in [0.25, 0.3) is 0 Å². The van der Waals surface area contributed by atoms with Gasteiger partial charge in [0.05, 0.1) is 11.4 Å². The van der Waals surface area contributed by atoms with Crippen molar-refractivity contribution in [1.29, 1.82) is 0 Å². The third-order valence-electron chi connectivity index (χ3n) is 5.42. The Labute approximate surface area is 189 Å². The summed E-state index contributed by atoms with van der Waals surface area (Å²) in [7, 11) is -3.78. The van der Waals surface area contributed by atoms with E-state index in [2.05, 4.69) is 26.5 Å². The Morgan fingerprint density at radius 3 is 2.56 bits per heavy atom. The van der Waals surface area contributed by atoms with Crippen LogP contribution in [0.2, 0.25) is 0 Å². The van der Waals surface area contributed by atoms with Crippen molar-refractivity contribution in [1.82, 2.24) is 14.7 Å². The van der Waals surface area contributed by atoms with E-state index in [1.54, 1.807) is 19.1 Å². The van der Waals surface area contributed by atoms with Gasteiger partial charge in [-0.1, -0.05) is 13.0 Å². The van der Waals surface area contributed by atoms with E-state index in [0.717, 1.165) is 30.9 Å². The van der Waals surface area contributed by atoms with E-state index < -0.39 is 10.0 Å². The van der Waals surface area contributed by atoms with Crippen molar-refractivity contribution < 1.29 is 18.0 Å². The van der Waals surface area contributed by atoms with E-state index in [1.165, 1.54) is 38.2 Å². The van der Waals surface area contributed by atoms with Crippen LogP contribution >= 0.6 is 0 Å². The molecule has 1 N–H and O–H groups in total. The zero-order chi connectivity index (χ0) is 23.3. The topological polar surface area (TPSA) is 109 Å². The van der Waals surface area contributed by atoms with Crippen LogP contribution in [-0.4, -0.2) is 49.6 Å². The summed E-state index contributed by atoms with van der Waals surface area (Å²) in [5.74, 6) is 1.06. The van der Waals surface area contributed by atoms with Crippen molar-refractivity contribution in [2.24, 2.45) is 5.92 Å². The van der Waals surface area contributed by atoms with Crippen molar-refractivity contribution >= 4 is 27.4 Å². The number of hydrogen-bond acceptors (Lipinski definition) is 7. The highest BCUT2D eigenvalue weighted by Crippen LogP contribution is 2.31. The Hall–Kier alpha value is -2.65. The van der Waals surface area contributed by atoms with Gasteiger partial charge in [0.1, 0.15) is 23.6 Å². The summed E-state index contributed by atoms with van der Waals surface area (Å²) in [6, 6.07) is 6.34. The molecule has 1 aliphatic carbocycles. The number of aryl methyl sites for hydroxylation is 1. The molecule has 0 bridgehead atoms. The maximum atomic E-state index is 12.9. The second-order valence-corrected chi connectivity index (χ2v) is 10.1. The number of hydrogen-bond donors (Lipinski definition) is 1. The minimum atomic E-state index is -3.78. The lowest BCUT2D eigenvalue weighted by Gasteiger charge is -2.23. The Bertz CT molecular complexity index is 1100. The van der Waals surface area contributed by atoms with Crippen LogP contribution in [0, 0.1) is 12.8 Å². The van der Waals surface area contributed by atoms with Crippen molar-refractivity contribution in [3.8, 4) is 0 Å². The van der Waals surface area contributed by atoms with Gasteiger partial charge in [-0.05, 0) is 62.3 Å². The molecule has 9 heteroatoms. The predicted octanol–water partition coefficient (Wildman–Crippen LogP) is 2.70. The Morgan fingerprint density at radius 1 is 1.19 bits per heavy atom. The maximum absolute atomic E-state index is 12.9. The van der Waals surface area contributed by atoms with Crippen molar-refractivity contribution in [3.05, 3.63) is 47.4 Å². The highest BCUT2D eigenvalue weighted by atomic mass is 32.2. The molecule has 3 rings (SSSR count). The number of nitrogens with one attached hydrogen (secondary N) is 1. The standard InChI is InChI=1S/C23H30N4O4S/c1-4-9-27(14-18-5-6-18)23-12-21(24-15-25-23)22(29)11-19-7-8-20(10-16(19)2)32(30,31)26-13-17(3)28/h7-8,10,12,15,18,26H,4-6,9,11,13-14H2,1-3H3. The molecule has 0 amide bonds. The van der Waals surface area contributed by atoms with E-state index in [1.807, 2.05) is 0 Å². The zero-order valence-corrected chi connectivity index (χ0v) is 19.6. The van der Waals surface area contributed by atoms with Gasteiger partial charge in [-0.15, -0.1) is 0 Å². The summed E-state index contributed by atoms with van der Waals surface area (Å²) in [5.41, 5.74) is 1.76. The summed E-state index contributed by atoms with van der Waals surface area (Å²) in [6.45, 7) is 6.77. The Balaban J connectivity index is 1.73. The molecule has 32 heavy (non-hydrogen) atoms. The number of benzene rings is 1. The zero-order valence-electron chi connectivity index (χ0n) is 18.8. The van der Waals surface area contributed by atoms with E-state index in [-0.39, 0.29) is 29.4 Å². The molecule has 1 aromatic carbocycles. The van der Waals surface area contributed by atoms with Crippen molar-refractivity contribution in [2.75, 3.05) is 24.5 Å². The maximum Gasteiger partial charge on any atom is 0.240 e. The molecular formula is C23H30N4O4S. The molecule has 172 valence electrons. The highest BCUT2D eigenvalue weighted by Gasteiger charge is 2.25. The summed E-state index contributed by atoms with van der Waals surface area (Å²) >= 11 is 0. The van der Waals surface area contributed by atoms with Crippen LogP contribution in [0.25, 0.3) is 0 Å². The molecular weight excluding hydrogens is 428 g/mol. The molecule has 0 spiro atoms. The number of Topliss-reactive ketones (excluding diaryl/α,β-unsaturated/α-hetero) is 2. The number of carbonyl (C=O) groups excluding carboxylic acids is 2. The van der Waals surface area contributed by atoms with Gasteiger partial charge in [-0.3, -0.25) is 9.59 Å².